The molecular formula is C23H39NO2S. The fourth-order valence-electron chi connectivity index (χ4n) is 2.61. The molecule has 0 aliphatic carbocycles. The number of allylic oxidation sites excluding steroid dienone is 6. The Bertz CT molecular complexity index is 525. The molecule has 0 radical (unpaired) electrons. The van der Waals surface area contributed by atoms with Gasteiger partial charge in [-0.15, -0.1) is 0 Å². The Labute approximate surface area is 172 Å². The third kappa shape index (κ3) is 13.5. The molecule has 0 heterocycles. The van der Waals surface area contributed by atoms with Crippen LogP contribution >= 0.6 is 12.6 Å². The van der Waals surface area contributed by atoms with Crippen LogP contribution in [0.5, 0.6) is 0 Å². The van der Waals surface area contributed by atoms with E-state index in [4.69, 9.17) is 0 Å². The quantitative estimate of drug-likeness (QED) is 0.295. The van der Waals surface area contributed by atoms with E-state index in [0.717, 1.165) is 25.7 Å². The predicted octanol–water partition coefficient (Wildman–Crippen LogP) is 6.06. The summed E-state index contributed by atoms with van der Waals surface area (Å²) >= 11 is 4.26. The number of hydrogen-bond acceptors (Lipinski definition) is 3. The van der Waals surface area contributed by atoms with Crippen LogP contribution in [0.3, 0.4) is 0 Å². The molecule has 1 atom stereocenters. The summed E-state index contributed by atoms with van der Waals surface area (Å²) in [5.41, 5.74) is 5.26. The Kier molecular flexibility index (Phi) is 14.1. The van der Waals surface area contributed by atoms with Gasteiger partial charge in [0.2, 0.25) is 0 Å². The molecule has 0 saturated heterocycles. The van der Waals surface area contributed by atoms with E-state index < -0.39 is 12.0 Å². The number of nitrogens with zero attached hydrogens (tertiary/aromatic N) is 1. The van der Waals surface area contributed by atoms with E-state index >= 15 is 0 Å². The Hall–Kier alpha value is -1.26. The van der Waals surface area contributed by atoms with E-state index in [1.54, 1.807) is 0 Å². The summed E-state index contributed by atoms with van der Waals surface area (Å²) in [5.74, 6) is -0.499. The molecule has 0 rings (SSSR count). The topological polar surface area (TPSA) is 40.5 Å². The molecule has 27 heavy (non-hydrogen) atoms. The van der Waals surface area contributed by atoms with Crippen molar-refractivity contribution in [1.29, 1.82) is 0 Å². The van der Waals surface area contributed by atoms with Gasteiger partial charge in [0, 0.05) is 18.8 Å². The molecule has 0 bridgehead atoms. The minimum Gasteiger partial charge on any atom is -0.480 e. The van der Waals surface area contributed by atoms with Gasteiger partial charge in [0.15, 0.2) is 0 Å². The van der Waals surface area contributed by atoms with E-state index in [2.05, 4.69) is 78.5 Å². The van der Waals surface area contributed by atoms with Gasteiger partial charge in [-0.2, -0.15) is 12.6 Å². The summed E-state index contributed by atoms with van der Waals surface area (Å²) in [7, 11) is 0. The normalized spacial score (nSPS) is 13.5. The van der Waals surface area contributed by atoms with Crippen LogP contribution in [0.15, 0.2) is 46.6 Å². The first-order valence-electron chi connectivity index (χ1n) is 9.83. The summed E-state index contributed by atoms with van der Waals surface area (Å²) in [4.78, 5) is 13.6. The molecule has 1 N–H and O–H groups in total. The SMILES string of the molecule is CC(C)=CCC/C(C)=C/CN(C/C=C(\C)CCC=C(C)C)[C@@H](CS)C(=O)O. The van der Waals surface area contributed by atoms with Crippen LogP contribution in [0.1, 0.15) is 67.2 Å². The maximum Gasteiger partial charge on any atom is 0.321 e. The van der Waals surface area contributed by atoms with E-state index in [0.29, 0.717) is 18.8 Å². The highest BCUT2D eigenvalue weighted by Crippen LogP contribution is 2.11. The van der Waals surface area contributed by atoms with Gasteiger partial charge in [-0.25, -0.2) is 0 Å². The second kappa shape index (κ2) is 14.8. The number of rotatable bonds is 13. The smallest absolute Gasteiger partial charge is 0.321 e. The third-order valence-electron chi connectivity index (χ3n) is 4.43. The largest absolute Gasteiger partial charge is 0.480 e. The van der Waals surface area contributed by atoms with Crippen LogP contribution in [-0.4, -0.2) is 40.9 Å². The van der Waals surface area contributed by atoms with Crippen LogP contribution in [0.2, 0.25) is 0 Å². The average molecular weight is 394 g/mol. The van der Waals surface area contributed by atoms with Gasteiger partial charge < -0.3 is 5.11 Å². The summed E-state index contributed by atoms with van der Waals surface area (Å²) in [6.07, 6.45) is 12.9. The zero-order valence-corrected chi connectivity index (χ0v) is 19.0. The second-order valence-electron chi connectivity index (χ2n) is 7.73. The summed E-state index contributed by atoms with van der Waals surface area (Å²) in [6.45, 7) is 13.9. The van der Waals surface area contributed by atoms with Gasteiger partial charge in [-0.05, 0) is 67.2 Å². The number of carboxylic acid groups (broad SMARTS) is 1. The van der Waals surface area contributed by atoms with Crippen LogP contribution in [-0.2, 0) is 4.79 Å². The predicted molar refractivity (Wildman–Crippen MR) is 122 cm³/mol. The van der Waals surface area contributed by atoms with Crippen molar-refractivity contribution in [1.82, 2.24) is 4.90 Å². The van der Waals surface area contributed by atoms with Gasteiger partial charge in [0.1, 0.15) is 6.04 Å². The van der Waals surface area contributed by atoms with Crippen LogP contribution < -0.4 is 0 Å². The van der Waals surface area contributed by atoms with Crippen molar-refractivity contribution in [2.45, 2.75) is 73.3 Å². The van der Waals surface area contributed by atoms with E-state index in [9.17, 15) is 9.90 Å². The van der Waals surface area contributed by atoms with Gasteiger partial charge in [0.25, 0.3) is 0 Å². The van der Waals surface area contributed by atoms with Crippen molar-refractivity contribution in [3.8, 4) is 0 Å². The lowest BCUT2D eigenvalue weighted by atomic mass is 10.1. The molecule has 0 aromatic carbocycles. The summed E-state index contributed by atoms with van der Waals surface area (Å²) < 4.78 is 0. The molecule has 0 aliphatic rings. The molecule has 0 unspecified atom stereocenters. The van der Waals surface area contributed by atoms with Crippen molar-refractivity contribution >= 4 is 18.6 Å². The number of aliphatic carboxylic acids is 1. The van der Waals surface area contributed by atoms with Crippen LogP contribution in [0.4, 0.5) is 0 Å². The van der Waals surface area contributed by atoms with Gasteiger partial charge >= 0.3 is 5.97 Å². The fraction of sp³-hybridized carbons (Fsp3) is 0.609. The van der Waals surface area contributed by atoms with Gasteiger partial charge in [-0.1, -0.05) is 46.6 Å². The molecule has 154 valence electrons. The number of carbonyl (C=O) groups is 1. The Morgan fingerprint density at radius 1 is 0.852 bits per heavy atom. The Balaban J connectivity index is 4.95. The third-order valence-corrected chi connectivity index (χ3v) is 4.78. The van der Waals surface area contributed by atoms with E-state index in [-0.39, 0.29) is 0 Å². The maximum absolute atomic E-state index is 11.6. The van der Waals surface area contributed by atoms with Crippen LogP contribution in [0, 0.1) is 0 Å². The monoisotopic (exact) mass is 393 g/mol. The fourth-order valence-corrected chi connectivity index (χ4v) is 2.99. The summed E-state index contributed by atoms with van der Waals surface area (Å²) in [6, 6.07) is -0.572. The summed E-state index contributed by atoms with van der Waals surface area (Å²) in [5, 5.41) is 9.53. The van der Waals surface area contributed by atoms with Crippen LogP contribution in [0.25, 0.3) is 0 Å². The molecule has 3 nitrogen and oxygen atoms in total. The Morgan fingerprint density at radius 3 is 1.56 bits per heavy atom. The van der Waals surface area contributed by atoms with E-state index in [1.165, 1.54) is 22.3 Å². The van der Waals surface area contributed by atoms with Crippen molar-refractivity contribution in [2.75, 3.05) is 18.8 Å². The highest BCUT2D eigenvalue weighted by Gasteiger charge is 2.22. The zero-order valence-electron chi connectivity index (χ0n) is 18.1. The van der Waals surface area contributed by atoms with Crippen molar-refractivity contribution in [3.63, 3.8) is 0 Å². The molecule has 0 spiro atoms. The van der Waals surface area contributed by atoms with Crippen molar-refractivity contribution < 1.29 is 9.90 Å². The number of carboxylic acids is 1. The van der Waals surface area contributed by atoms with Gasteiger partial charge in [0.05, 0.1) is 0 Å². The molecular weight excluding hydrogens is 354 g/mol. The second-order valence-corrected chi connectivity index (χ2v) is 8.10. The standard InChI is InChI=1S/C23H39NO2S/c1-18(2)9-7-11-20(5)13-15-24(22(17-27)23(25)26)16-14-21(6)12-8-10-19(3)4/h9-10,13-14,22,27H,7-8,11-12,15-17H2,1-6H3,(H,25,26)/b20-13+,21-14+/t22-/m0/s1. The lowest BCUT2D eigenvalue weighted by molar-refractivity contribution is -0.142. The zero-order chi connectivity index (χ0) is 20.8. The van der Waals surface area contributed by atoms with Crippen molar-refractivity contribution in [2.24, 2.45) is 0 Å². The molecule has 0 saturated carbocycles. The maximum atomic E-state index is 11.6. The minimum absolute atomic E-state index is 0.310. The number of hydrogen-bond donors (Lipinski definition) is 2. The molecule has 4 heteroatoms. The molecule has 0 aliphatic heterocycles. The minimum atomic E-state index is -0.809. The molecule has 0 aromatic rings. The lowest BCUT2D eigenvalue weighted by Gasteiger charge is -2.26. The molecule has 0 amide bonds. The van der Waals surface area contributed by atoms with Crippen molar-refractivity contribution in [3.05, 3.63) is 46.6 Å². The first-order chi connectivity index (χ1) is 12.7. The highest BCUT2D eigenvalue weighted by atomic mass is 32.1. The first kappa shape index (κ1) is 25.7. The first-order valence-corrected chi connectivity index (χ1v) is 10.5. The number of thiol groups is 1. The molecule has 0 aromatic heterocycles. The average Bonchev–Trinajstić information content (AvgIpc) is 2.56. The van der Waals surface area contributed by atoms with E-state index in [1.807, 2.05) is 4.90 Å². The molecule has 0 fully saturated rings. The van der Waals surface area contributed by atoms with Gasteiger partial charge in [-0.3, -0.25) is 9.69 Å². The lowest BCUT2D eigenvalue weighted by Crippen LogP contribution is -2.43. The highest BCUT2D eigenvalue weighted by molar-refractivity contribution is 7.80. The Morgan fingerprint density at radius 2 is 1.26 bits per heavy atom.